The van der Waals surface area contributed by atoms with E-state index in [1.807, 2.05) is 50.2 Å². The summed E-state index contributed by atoms with van der Waals surface area (Å²) < 4.78 is 10.5. The second-order valence-corrected chi connectivity index (χ2v) is 7.05. The molecule has 31 heavy (non-hydrogen) atoms. The van der Waals surface area contributed by atoms with Gasteiger partial charge >= 0.3 is 0 Å². The van der Waals surface area contributed by atoms with Crippen LogP contribution in [0.4, 0.5) is 11.6 Å². The van der Waals surface area contributed by atoms with Crippen LogP contribution in [-0.4, -0.2) is 51.0 Å². The van der Waals surface area contributed by atoms with E-state index in [2.05, 4.69) is 25.4 Å². The first kappa shape index (κ1) is 18.7. The van der Waals surface area contributed by atoms with E-state index in [0.29, 0.717) is 29.2 Å². The lowest BCUT2D eigenvalue weighted by atomic mass is 10.1. The van der Waals surface area contributed by atoms with Crippen molar-refractivity contribution in [1.29, 1.82) is 0 Å². The first-order chi connectivity index (χ1) is 15.0. The Labute approximate surface area is 177 Å². The van der Waals surface area contributed by atoms with Crippen molar-refractivity contribution >= 4 is 17.2 Å². The van der Waals surface area contributed by atoms with Crippen molar-refractivity contribution in [2.24, 2.45) is 14.1 Å². The fourth-order valence-electron chi connectivity index (χ4n) is 3.42. The van der Waals surface area contributed by atoms with Crippen LogP contribution in [0.25, 0.3) is 28.4 Å². The molecule has 0 aliphatic rings. The van der Waals surface area contributed by atoms with E-state index in [9.17, 15) is 0 Å². The van der Waals surface area contributed by atoms with Crippen molar-refractivity contribution in [3.8, 4) is 28.8 Å². The maximum absolute atomic E-state index is 5.09. The van der Waals surface area contributed by atoms with Crippen LogP contribution in [-0.2, 0) is 14.1 Å². The zero-order valence-corrected chi connectivity index (χ0v) is 17.5. The zero-order chi connectivity index (χ0) is 21.5. The van der Waals surface area contributed by atoms with Gasteiger partial charge in [-0.05, 0) is 18.6 Å². The van der Waals surface area contributed by atoms with Gasteiger partial charge < -0.3 is 14.6 Å². The summed E-state index contributed by atoms with van der Waals surface area (Å²) in [5.74, 6) is 2.69. The Hall–Kier alpha value is -4.28. The summed E-state index contributed by atoms with van der Waals surface area (Å²) in [6.07, 6.45) is 10.6. The van der Waals surface area contributed by atoms with Crippen LogP contribution in [0.2, 0.25) is 0 Å². The third-order valence-electron chi connectivity index (χ3n) is 4.98. The van der Waals surface area contributed by atoms with Gasteiger partial charge in [-0.1, -0.05) is 0 Å². The topological polar surface area (TPSA) is 113 Å². The second kappa shape index (κ2) is 7.20. The maximum Gasteiger partial charge on any atom is 0.232 e. The van der Waals surface area contributed by atoms with Crippen molar-refractivity contribution < 1.29 is 4.74 Å². The Balaban J connectivity index is 1.69. The number of methoxy groups -OCH3 is 1. The number of rotatable bonds is 5. The lowest BCUT2D eigenvalue weighted by Crippen LogP contribution is -2.07. The molecule has 0 amide bonds. The standard InChI is InChI=1S/C20H20N10O/c1-12-13(14-5-7-29(3)26-14)11-30-17(12)18(24-15-9-23-16(31-4)10-22-15)25-19(27-30)20-21-6-8-28(20)2/h5-11H,1-4H3,(H,22,24,25,27). The number of aryl methyl sites for hydroxylation is 3. The Morgan fingerprint density at radius 2 is 1.90 bits per heavy atom. The van der Waals surface area contributed by atoms with Gasteiger partial charge in [-0.2, -0.15) is 5.10 Å². The van der Waals surface area contributed by atoms with Crippen molar-refractivity contribution in [2.75, 3.05) is 12.4 Å². The number of nitrogens with zero attached hydrogens (tertiary/aromatic N) is 9. The van der Waals surface area contributed by atoms with Gasteiger partial charge in [-0.3, -0.25) is 4.68 Å². The number of anilines is 2. The molecule has 11 heteroatoms. The summed E-state index contributed by atoms with van der Waals surface area (Å²) in [6.45, 7) is 2.02. The molecule has 0 bridgehead atoms. The highest BCUT2D eigenvalue weighted by Gasteiger charge is 2.19. The average Bonchev–Trinajstić information content (AvgIpc) is 3.47. The molecular formula is C20H20N10O. The van der Waals surface area contributed by atoms with E-state index in [1.54, 1.807) is 34.9 Å². The van der Waals surface area contributed by atoms with Crippen LogP contribution in [0, 0.1) is 6.92 Å². The number of nitrogens with one attached hydrogen (secondary N) is 1. The first-order valence-electron chi connectivity index (χ1n) is 9.54. The van der Waals surface area contributed by atoms with Crippen molar-refractivity contribution in [3.63, 3.8) is 0 Å². The first-order valence-corrected chi connectivity index (χ1v) is 9.54. The fourth-order valence-corrected chi connectivity index (χ4v) is 3.42. The maximum atomic E-state index is 5.09. The van der Waals surface area contributed by atoms with Crippen molar-refractivity contribution in [1.82, 2.24) is 43.9 Å². The Bertz CT molecular complexity index is 1380. The van der Waals surface area contributed by atoms with Crippen LogP contribution in [0.3, 0.4) is 0 Å². The normalized spacial score (nSPS) is 11.2. The smallest absolute Gasteiger partial charge is 0.232 e. The molecule has 0 saturated carbocycles. The molecule has 5 aromatic rings. The third-order valence-corrected chi connectivity index (χ3v) is 4.98. The summed E-state index contributed by atoms with van der Waals surface area (Å²) in [6, 6.07) is 1.97. The minimum atomic E-state index is 0.434. The van der Waals surface area contributed by atoms with Gasteiger partial charge in [0, 0.05) is 44.4 Å². The molecule has 11 nitrogen and oxygen atoms in total. The zero-order valence-electron chi connectivity index (χ0n) is 17.5. The highest BCUT2D eigenvalue weighted by Crippen LogP contribution is 2.32. The number of ether oxygens (including phenoxy) is 1. The van der Waals surface area contributed by atoms with Gasteiger partial charge in [-0.25, -0.2) is 24.5 Å². The largest absolute Gasteiger partial charge is 0.480 e. The molecule has 0 saturated heterocycles. The van der Waals surface area contributed by atoms with E-state index in [1.165, 1.54) is 0 Å². The fraction of sp³-hybridized carbons (Fsp3) is 0.200. The summed E-state index contributed by atoms with van der Waals surface area (Å²) in [4.78, 5) is 17.7. The predicted molar refractivity (Wildman–Crippen MR) is 114 cm³/mol. The van der Waals surface area contributed by atoms with Crippen LogP contribution in [0.15, 0.2) is 43.2 Å². The molecule has 0 aliphatic carbocycles. The number of hydrogen-bond donors (Lipinski definition) is 1. The van der Waals surface area contributed by atoms with Gasteiger partial charge in [0.25, 0.3) is 0 Å². The molecule has 5 heterocycles. The van der Waals surface area contributed by atoms with Gasteiger partial charge in [0.1, 0.15) is 11.3 Å². The quantitative estimate of drug-likeness (QED) is 0.465. The molecule has 0 radical (unpaired) electrons. The molecule has 5 rings (SSSR count). The lowest BCUT2D eigenvalue weighted by Gasteiger charge is -2.10. The minimum Gasteiger partial charge on any atom is -0.480 e. The summed E-state index contributed by atoms with van der Waals surface area (Å²) in [5, 5.41) is 12.5. The van der Waals surface area contributed by atoms with Crippen molar-refractivity contribution in [3.05, 3.63) is 48.8 Å². The molecule has 0 aliphatic heterocycles. The number of imidazole rings is 1. The molecule has 0 spiro atoms. The van der Waals surface area contributed by atoms with E-state index >= 15 is 0 Å². The van der Waals surface area contributed by atoms with Crippen LogP contribution < -0.4 is 10.1 Å². The van der Waals surface area contributed by atoms with Gasteiger partial charge in [0.2, 0.25) is 11.7 Å². The summed E-state index contributed by atoms with van der Waals surface area (Å²) in [7, 11) is 5.34. The summed E-state index contributed by atoms with van der Waals surface area (Å²) >= 11 is 0. The molecule has 0 atom stereocenters. The SMILES string of the molecule is COc1cnc(Nc2nc(-c3nccn3C)nn3cc(-c4ccn(C)n4)c(C)c23)cn1. The molecule has 5 aromatic heterocycles. The molecule has 156 valence electrons. The third kappa shape index (κ3) is 3.25. The molecule has 0 unspecified atom stereocenters. The summed E-state index contributed by atoms with van der Waals surface area (Å²) in [5.41, 5.74) is 3.64. The predicted octanol–water partition coefficient (Wildman–Crippen LogP) is 2.38. The Kier molecular flexibility index (Phi) is 4.35. The molecule has 0 aromatic carbocycles. The number of aromatic nitrogens is 9. The highest BCUT2D eigenvalue weighted by atomic mass is 16.5. The number of fused-ring (bicyclic) bond motifs is 1. The van der Waals surface area contributed by atoms with Gasteiger partial charge in [0.05, 0.1) is 25.2 Å². The lowest BCUT2D eigenvalue weighted by molar-refractivity contribution is 0.396. The minimum absolute atomic E-state index is 0.434. The molecular weight excluding hydrogens is 396 g/mol. The Morgan fingerprint density at radius 1 is 1.03 bits per heavy atom. The molecule has 0 fully saturated rings. The van der Waals surface area contributed by atoms with Crippen LogP contribution in [0.1, 0.15) is 5.56 Å². The van der Waals surface area contributed by atoms with Gasteiger partial charge in [-0.15, -0.1) is 5.10 Å². The monoisotopic (exact) mass is 416 g/mol. The van der Waals surface area contributed by atoms with E-state index < -0.39 is 0 Å². The second-order valence-electron chi connectivity index (χ2n) is 7.05. The van der Waals surface area contributed by atoms with Crippen molar-refractivity contribution in [2.45, 2.75) is 6.92 Å². The van der Waals surface area contributed by atoms with E-state index in [-0.39, 0.29) is 0 Å². The number of hydrogen-bond acceptors (Lipinski definition) is 8. The van der Waals surface area contributed by atoms with E-state index in [4.69, 9.17) is 14.8 Å². The average molecular weight is 416 g/mol. The Morgan fingerprint density at radius 3 is 2.55 bits per heavy atom. The highest BCUT2D eigenvalue weighted by molar-refractivity contribution is 5.83. The van der Waals surface area contributed by atoms with E-state index in [0.717, 1.165) is 22.3 Å². The molecule has 1 N–H and O–H groups in total. The van der Waals surface area contributed by atoms with Crippen LogP contribution in [0.5, 0.6) is 5.88 Å². The van der Waals surface area contributed by atoms with Gasteiger partial charge in [0.15, 0.2) is 11.6 Å². The van der Waals surface area contributed by atoms with Crippen LogP contribution >= 0.6 is 0 Å².